The van der Waals surface area contributed by atoms with Crippen molar-refractivity contribution in [3.05, 3.63) is 0 Å². The van der Waals surface area contributed by atoms with Crippen LogP contribution in [0.4, 0.5) is 0 Å². The fourth-order valence-corrected chi connectivity index (χ4v) is 4.59. The lowest BCUT2D eigenvalue weighted by atomic mass is 9.75. The third-order valence-electron chi connectivity index (χ3n) is 5.18. The molecule has 0 saturated carbocycles. The molecule has 5 heteroatoms. The van der Waals surface area contributed by atoms with Crippen LogP contribution in [0.1, 0.15) is 87.0 Å². The molecule has 1 aliphatic heterocycles. The van der Waals surface area contributed by atoms with Gasteiger partial charge in [-0.15, -0.1) is 0 Å². The van der Waals surface area contributed by atoms with Gasteiger partial charge < -0.3 is 0 Å². The Hall–Kier alpha value is -0.550. The molecule has 0 aromatic heterocycles. The van der Waals surface area contributed by atoms with Crippen molar-refractivity contribution in [2.24, 2.45) is 0 Å². The summed E-state index contributed by atoms with van der Waals surface area (Å²) in [6, 6.07) is 0. The molecule has 1 fully saturated rings. The molecule has 4 nitrogen and oxygen atoms in total. The highest BCUT2D eigenvalue weighted by atomic mass is 32.1. The number of hydrogen-bond acceptors (Lipinski definition) is 4. The smallest absolute Gasteiger partial charge is 0.251 e. The summed E-state index contributed by atoms with van der Waals surface area (Å²) in [7, 11) is 0. The molecule has 0 bridgehead atoms. The molecule has 0 unspecified atom stereocenters. The number of carbonyl (C=O) groups excluding carboxylic acids is 2. The van der Waals surface area contributed by atoms with Crippen LogP contribution >= 0.6 is 12.8 Å². The van der Waals surface area contributed by atoms with Crippen molar-refractivity contribution in [2.45, 2.75) is 104 Å². The van der Waals surface area contributed by atoms with Crippen molar-refractivity contribution < 1.29 is 9.59 Å². The Morgan fingerprint density at radius 3 is 1.57 bits per heavy atom. The normalized spacial score (nSPS) is 21.8. The highest BCUT2D eigenvalue weighted by Crippen LogP contribution is 2.46. The maximum absolute atomic E-state index is 13.4. The molecule has 134 valence electrons. The van der Waals surface area contributed by atoms with Gasteiger partial charge in [-0.05, 0) is 46.5 Å². The second kappa shape index (κ2) is 7.14. The molecular formula is C18H34N2O2S. The van der Waals surface area contributed by atoms with Crippen LogP contribution in [0.5, 0.6) is 0 Å². The minimum absolute atomic E-state index is 0.0776. The summed E-state index contributed by atoms with van der Waals surface area (Å²) in [5.41, 5.74) is -1.93. The van der Waals surface area contributed by atoms with E-state index in [4.69, 9.17) is 12.8 Å². The fraction of sp³-hybridized carbons (Fsp3) is 0.889. The first-order chi connectivity index (χ1) is 10.6. The molecular weight excluding hydrogens is 308 g/mol. The lowest BCUT2D eigenvalue weighted by molar-refractivity contribution is -0.178. The molecule has 0 aromatic rings. The summed E-state index contributed by atoms with van der Waals surface area (Å²) >= 11 is 4.77. The highest BCUT2D eigenvalue weighted by Gasteiger charge is 2.62. The summed E-state index contributed by atoms with van der Waals surface area (Å²) < 4.78 is 1.83. The van der Waals surface area contributed by atoms with Crippen molar-refractivity contribution >= 4 is 24.6 Å². The topological polar surface area (TPSA) is 40.6 Å². The van der Waals surface area contributed by atoms with Gasteiger partial charge >= 0.3 is 0 Å². The van der Waals surface area contributed by atoms with E-state index in [0.29, 0.717) is 12.8 Å². The number of rotatable bonds is 6. The second-order valence-corrected chi connectivity index (χ2v) is 8.10. The van der Waals surface area contributed by atoms with Crippen LogP contribution in [0.2, 0.25) is 0 Å². The summed E-state index contributed by atoms with van der Waals surface area (Å²) in [5.74, 6) is -0.177. The Balaban J connectivity index is 3.63. The summed E-state index contributed by atoms with van der Waals surface area (Å²) in [4.78, 5) is 28.2. The van der Waals surface area contributed by atoms with Crippen LogP contribution in [-0.4, -0.2) is 37.6 Å². The largest absolute Gasteiger partial charge is 0.274 e. The quantitative estimate of drug-likeness (QED) is 0.581. The summed E-state index contributed by atoms with van der Waals surface area (Å²) in [6.07, 6.45) is 4.54. The number of amides is 2. The molecule has 0 spiro atoms. The van der Waals surface area contributed by atoms with Gasteiger partial charge in [-0.2, -0.15) is 0 Å². The van der Waals surface area contributed by atoms with Crippen LogP contribution in [-0.2, 0) is 9.59 Å². The lowest BCUT2D eigenvalue weighted by Gasteiger charge is -2.58. The van der Waals surface area contributed by atoms with E-state index >= 15 is 0 Å². The zero-order valence-corrected chi connectivity index (χ0v) is 16.8. The van der Waals surface area contributed by atoms with Gasteiger partial charge in [0.25, 0.3) is 11.8 Å². The monoisotopic (exact) mass is 342 g/mol. The number of hydrogen-bond donors (Lipinski definition) is 1. The van der Waals surface area contributed by atoms with Crippen molar-refractivity contribution in [1.82, 2.24) is 9.21 Å². The zero-order valence-electron chi connectivity index (χ0n) is 15.9. The van der Waals surface area contributed by atoms with E-state index in [-0.39, 0.29) is 11.8 Å². The molecule has 0 aliphatic carbocycles. The third kappa shape index (κ3) is 3.07. The highest BCUT2D eigenvalue weighted by molar-refractivity contribution is 7.77. The molecule has 0 aromatic carbocycles. The Kier molecular flexibility index (Phi) is 6.36. The maximum Gasteiger partial charge on any atom is 0.251 e. The van der Waals surface area contributed by atoms with Crippen LogP contribution in [0.3, 0.4) is 0 Å². The first kappa shape index (κ1) is 20.5. The van der Waals surface area contributed by atoms with Crippen molar-refractivity contribution in [1.29, 1.82) is 0 Å². The Morgan fingerprint density at radius 2 is 1.26 bits per heavy atom. The van der Waals surface area contributed by atoms with Gasteiger partial charge in [0.2, 0.25) is 0 Å². The minimum Gasteiger partial charge on any atom is -0.274 e. The van der Waals surface area contributed by atoms with Gasteiger partial charge in [0.15, 0.2) is 0 Å². The van der Waals surface area contributed by atoms with Gasteiger partial charge in [-0.1, -0.05) is 53.4 Å². The lowest BCUT2D eigenvalue weighted by Crippen LogP contribution is -2.76. The Morgan fingerprint density at radius 1 is 0.870 bits per heavy atom. The first-order valence-electron chi connectivity index (χ1n) is 8.97. The van der Waals surface area contributed by atoms with E-state index in [2.05, 4.69) is 13.8 Å². The molecule has 1 aliphatic rings. The SMILES string of the molecule is CCCC1(CCC)C(=O)N(C(C)(C)C)C(=O)C(CC)(CC)N1S. The van der Waals surface area contributed by atoms with Crippen molar-refractivity contribution in [3.63, 3.8) is 0 Å². The van der Waals surface area contributed by atoms with Gasteiger partial charge in [0.05, 0.1) is 0 Å². The Bertz CT molecular complexity index is 446. The van der Waals surface area contributed by atoms with Gasteiger partial charge in [-0.25, -0.2) is 4.31 Å². The van der Waals surface area contributed by atoms with E-state index in [1.807, 2.05) is 38.9 Å². The molecule has 0 radical (unpaired) electrons. The number of piperazine rings is 1. The van der Waals surface area contributed by atoms with E-state index < -0.39 is 16.6 Å². The average molecular weight is 343 g/mol. The van der Waals surface area contributed by atoms with Crippen molar-refractivity contribution in [3.8, 4) is 0 Å². The maximum atomic E-state index is 13.4. The standard InChI is InChI=1S/C18H34N2O2S/c1-8-12-18(13-9-2)15(22)19(16(5,6)7)14(21)17(10-3,11-4)20(18)23/h23H,8-13H2,1-7H3. The van der Waals surface area contributed by atoms with Crippen LogP contribution < -0.4 is 0 Å². The predicted octanol–water partition coefficient (Wildman–Crippen LogP) is 4.20. The van der Waals surface area contributed by atoms with E-state index in [0.717, 1.165) is 25.7 Å². The Labute approximate surface area is 147 Å². The molecule has 0 N–H and O–H groups in total. The molecule has 23 heavy (non-hydrogen) atoms. The molecule has 2 amide bonds. The molecule has 1 rings (SSSR count). The summed E-state index contributed by atoms with van der Waals surface area (Å²) in [5, 5.41) is 0. The number of thiol groups is 1. The number of imide groups is 1. The van der Waals surface area contributed by atoms with E-state index in [1.54, 1.807) is 0 Å². The average Bonchev–Trinajstić information content (AvgIpc) is 2.46. The molecule has 0 atom stereocenters. The number of nitrogens with zero attached hydrogens (tertiary/aromatic N) is 2. The summed E-state index contributed by atoms with van der Waals surface area (Å²) in [6.45, 7) is 14.0. The number of carbonyl (C=O) groups is 2. The predicted molar refractivity (Wildman–Crippen MR) is 98.3 cm³/mol. The second-order valence-electron chi connectivity index (χ2n) is 7.70. The third-order valence-corrected chi connectivity index (χ3v) is 5.95. The molecule has 1 saturated heterocycles. The van der Waals surface area contributed by atoms with Crippen molar-refractivity contribution in [2.75, 3.05) is 0 Å². The van der Waals surface area contributed by atoms with E-state index in [9.17, 15) is 9.59 Å². The van der Waals surface area contributed by atoms with E-state index in [1.165, 1.54) is 4.90 Å². The molecule has 1 heterocycles. The van der Waals surface area contributed by atoms with Gasteiger partial charge in [0, 0.05) is 5.54 Å². The fourth-order valence-electron chi connectivity index (χ4n) is 3.94. The first-order valence-corrected chi connectivity index (χ1v) is 9.37. The van der Waals surface area contributed by atoms with Crippen LogP contribution in [0.15, 0.2) is 0 Å². The van der Waals surface area contributed by atoms with Crippen LogP contribution in [0, 0.1) is 0 Å². The van der Waals surface area contributed by atoms with Gasteiger partial charge in [-0.3, -0.25) is 14.5 Å². The van der Waals surface area contributed by atoms with Gasteiger partial charge in [0.1, 0.15) is 11.1 Å². The minimum atomic E-state index is -0.714. The zero-order chi connectivity index (χ0) is 18.1. The van der Waals surface area contributed by atoms with Crippen LogP contribution in [0.25, 0.3) is 0 Å².